The molecule has 1 aliphatic heterocycles. The van der Waals surface area contributed by atoms with Gasteiger partial charge >= 0.3 is 0 Å². The topological polar surface area (TPSA) is 15.3 Å². The van der Waals surface area contributed by atoms with E-state index in [9.17, 15) is 0 Å². The Morgan fingerprint density at radius 2 is 2.00 bits per heavy atom. The molecule has 0 spiro atoms. The number of thiophene rings is 1. The third-order valence-corrected chi connectivity index (χ3v) is 5.74. The van der Waals surface area contributed by atoms with Crippen molar-refractivity contribution in [1.82, 2.24) is 10.2 Å². The lowest BCUT2D eigenvalue weighted by Crippen LogP contribution is -2.45. The summed E-state index contributed by atoms with van der Waals surface area (Å²) in [5, 5.41) is 5.67. The summed E-state index contributed by atoms with van der Waals surface area (Å²) in [6.07, 6.45) is 3.89. The zero-order valence-corrected chi connectivity index (χ0v) is 13.2. The molecule has 1 fully saturated rings. The van der Waals surface area contributed by atoms with Gasteiger partial charge in [-0.05, 0) is 47.4 Å². The molecular weight excluding hydrogens is 276 g/mol. The highest BCUT2D eigenvalue weighted by Gasteiger charge is 2.29. The molecule has 0 radical (unpaired) electrons. The van der Waals surface area contributed by atoms with Gasteiger partial charge in [-0.2, -0.15) is 0 Å². The van der Waals surface area contributed by atoms with Crippen molar-refractivity contribution in [2.75, 3.05) is 26.2 Å². The fourth-order valence-electron chi connectivity index (χ4n) is 3.86. The molecule has 21 heavy (non-hydrogen) atoms. The molecule has 1 atom stereocenters. The van der Waals surface area contributed by atoms with Crippen LogP contribution in [-0.4, -0.2) is 31.1 Å². The first kappa shape index (κ1) is 13.5. The third-order valence-electron chi connectivity index (χ3n) is 4.83. The van der Waals surface area contributed by atoms with E-state index >= 15 is 0 Å². The highest BCUT2D eigenvalue weighted by molar-refractivity contribution is 7.13. The van der Waals surface area contributed by atoms with Crippen LogP contribution >= 0.6 is 11.3 Å². The first-order valence-corrected chi connectivity index (χ1v) is 8.92. The van der Waals surface area contributed by atoms with Crippen LogP contribution in [0.25, 0.3) is 10.4 Å². The van der Waals surface area contributed by atoms with Gasteiger partial charge in [-0.25, -0.2) is 0 Å². The van der Waals surface area contributed by atoms with Crippen molar-refractivity contribution in [3.63, 3.8) is 0 Å². The zero-order valence-electron chi connectivity index (χ0n) is 12.3. The predicted octanol–water partition coefficient (Wildman–Crippen LogP) is 3.70. The second-order valence-corrected chi connectivity index (χ2v) is 7.00. The van der Waals surface area contributed by atoms with Crippen LogP contribution in [0.5, 0.6) is 0 Å². The van der Waals surface area contributed by atoms with Crippen LogP contribution in [0.1, 0.15) is 30.0 Å². The van der Waals surface area contributed by atoms with Crippen molar-refractivity contribution in [3.05, 3.63) is 46.8 Å². The van der Waals surface area contributed by atoms with Crippen LogP contribution in [0.15, 0.2) is 35.7 Å². The maximum atomic E-state index is 3.48. The monoisotopic (exact) mass is 298 g/mol. The maximum absolute atomic E-state index is 3.48. The summed E-state index contributed by atoms with van der Waals surface area (Å²) in [7, 11) is 0. The van der Waals surface area contributed by atoms with Crippen molar-refractivity contribution < 1.29 is 0 Å². The van der Waals surface area contributed by atoms with Crippen LogP contribution in [0.4, 0.5) is 0 Å². The molecule has 0 saturated carbocycles. The van der Waals surface area contributed by atoms with Gasteiger partial charge in [0.05, 0.1) is 0 Å². The minimum atomic E-state index is 0.620. The summed E-state index contributed by atoms with van der Waals surface area (Å²) >= 11 is 1.87. The number of hydrogen-bond acceptors (Lipinski definition) is 3. The van der Waals surface area contributed by atoms with Crippen molar-refractivity contribution >= 4 is 11.3 Å². The first-order valence-electron chi connectivity index (χ1n) is 8.04. The molecule has 3 heteroatoms. The van der Waals surface area contributed by atoms with Gasteiger partial charge in [0.1, 0.15) is 0 Å². The Labute approximate surface area is 130 Å². The Hall–Kier alpha value is -1.16. The molecule has 1 aliphatic carbocycles. The summed E-state index contributed by atoms with van der Waals surface area (Å²) in [6, 6.07) is 12.0. The SMILES string of the molecule is c1csc(-c2cccc3c2C(N2CCNCC2)CCC3)c1. The zero-order chi connectivity index (χ0) is 14.1. The molecule has 110 valence electrons. The standard InChI is InChI=1S/C18H22N2S/c1-4-14-5-2-7-16(20-11-9-19-10-12-20)18(14)15(6-1)17-8-3-13-21-17/h1,3-4,6,8,13,16,19H,2,5,7,9-12H2. The van der Waals surface area contributed by atoms with E-state index in [0.717, 1.165) is 13.1 Å². The van der Waals surface area contributed by atoms with E-state index in [0.29, 0.717) is 6.04 Å². The minimum Gasteiger partial charge on any atom is -0.314 e. The quantitative estimate of drug-likeness (QED) is 0.909. The highest BCUT2D eigenvalue weighted by atomic mass is 32.1. The molecule has 0 bridgehead atoms. The largest absolute Gasteiger partial charge is 0.314 e. The van der Waals surface area contributed by atoms with Crippen LogP contribution in [0, 0.1) is 0 Å². The first-order chi connectivity index (χ1) is 10.4. The Kier molecular flexibility index (Phi) is 3.80. The lowest BCUT2D eigenvalue weighted by Gasteiger charge is -2.39. The van der Waals surface area contributed by atoms with Gasteiger partial charge in [0, 0.05) is 37.1 Å². The number of nitrogens with one attached hydrogen (secondary N) is 1. The van der Waals surface area contributed by atoms with Crippen LogP contribution in [0.2, 0.25) is 0 Å². The van der Waals surface area contributed by atoms with E-state index in [2.05, 4.69) is 45.9 Å². The van der Waals surface area contributed by atoms with Crippen molar-refractivity contribution in [2.45, 2.75) is 25.3 Å². The number of piperazine rings is 1. The molecule has 1 aromatic carbocycles. The molecule has 1 saturated heterocycles. The normalized spacial score (nSPS) is 23.0. The van der Waals surface area contributed by atoms with Crippen LogP contribution < -0.4 is 5.32 Å². The lowest BCUT2D eigenvalue weighted by atomic mass is 9.83. The summed E-state index contributed by atoms with van der Waals surface area (Å²) in [4.78, 5) is 4.12. The Balaban J connectivity index is 1.78. The summed E-state index contributed by atoms with van der Waals surface area (Å²) in [6.45, 7) is 4.63. The Bertz CT molecular complexity index is 600. The van der Waals surface area contributed by atoms with Gasteiger partial charge in [-0.3, -0.25) is 4.90 Å². The van der Waals surface area contributed by atoms with Crippen molar-refractivity contribution in [2.24, 2.45) is 0 Å². The molecule has 2 nitrogen and oxygen atoms in total. The summed E-state index contributed by atoms with van der Waals surface area (Å²) < 4.78 is 0. The van der Waals surface area contributed by atoms with Gasteiger partial charge < -0.3 is 5.32 Å². The van der Waals surface area contributed by atoms with E-state index in [1.165, 1.54) is 42.8 Å². The average molecular weight is 298 g/mol. The molecule has 2 aromatic rings. The van der Waals surface area contributed by atoms with Crippen LogP contribution in [0.3, 0.4) is 0 Å². The lowest BCUT2D eigenvalue weighted by molar-refractivity contribution is 0.158. The summed E-state index contributed by atoms with van der Waals surface area (Å²) in [5.41, 5.74) is 4.68. The van der Waals surface area contributed by atoms with E-state index in [4.69, 9.17) is 0 Å². The number of hydrogen-bond donors (Lipinski definition) is 1. The number of rotatable bonds is 2. The van der Waals surface area contributed by atoms with E-state index < -0.39 is 0 Å². The Morgan fingerprint density at radius 3 is 2.81 bits per heavy atom. The minimum absolute atomic E-state index is 0.620. The average Bonchev–Trinajstić information content (AvgIpc) is 3.09. The summed E-state index contributed by atoms with van der Waals surface area (Å²) in [5.74, 6) is 0. The smallest absolute Gasteiger partial charge is 0.0358 e. The van der Waals surface area contributed by atoms with Gasteiger partial charge in [0.15, 0.2) is 0 Å². The van der Waals surface area contributed by atoms with Gasteiger partial charge in [-0.15, -0.1) is 11.3 Å². The van der Waals surface area contributed by atoms with Gasteiger partial charge in [-0.1, -0.05) is 24.3 Å². The fourth-order valence-corrected chi connectivity index (χ4v) is 4.63. The molecule has 4 rings (SSSR count). The van der Waals surface area contributed by atoms with Gasteiger partial charge in [0.2, 0.25) is 0 Å². The molecule has 1 aromatic heterocycles. The number of nitrogens with zero attached hydrogens (tertiary/aromatic N) is 1. The fraction of sp³-hybridized carbons (Fsp3) is 0.444. The number of benzene rings is 1. The second kappa shape index (κ2) is 5.91. The number of aryl methyl sites for hydroxylation is 1. The molecule has 2 heterocycles. The second-order valence-electron chi connectivity index (χ2n) is 6.05. The Morgan fingerprint density at radius 1 is 1.10 bits per heavy atom. The maximum Gasteiger partial charge on any atom is 0.0358 e. The molecule has 0 amide bonds. The van der Waals surface area contributed by atoms with E-state index in [-0.39, 0.29) is 0 Å². The van der Waals surface area contributed by atoms with Crippen molar-refractivity contribution in [1.29, 1.82) is 0 Å². The van der Waals surface area contributed by atoms with E-state index in [1.54, 1.807) is 11.1 Å². The van der Waals surface area contributed by atoms with Crippen LogP contribution in [-0.2, 0) is 6.42 Å². The third kappa shape index (κ3) is 2.54. The molecule has 1 unspecified atom stereocenters. The number of fused-ring (bicyclic) bond motifs is 1. The predicted molar refractivity (Wildman–Crippen MR) is 89.9 cm³/mol. The molecule has 1 N–H and O–H groups in total. The molecule has 2 aliphatic rings. The highest BCUT2D eigenvalue weighted by Crippen LogP contribution is 2.41. The molecular formula is C18H22N2S. The van der Waals surface area contributed by atoms with E-state index in [1.807, 2.05) is 11.3 Å². The van der Waals surface area contributed by atoms with Gasteiger partial charge in [0.25, 0.3) is 0 Å². The van der Waals surface area contributed by atoms with Crippen molar-refractivity contribution in [3.8, 4) is 10.4 Å².